The van der Waals surface area contributed by atoms with Gasteiger partial charge in [0.15, 0.2) is 0 Å². The van der Waals surface area contributed by atoms with Crippen LogP contribution in [0.5, 0.6) is 0 Å². The summed E-state index contributed by atoms with van der Waals surface area (Å²) in [5.74, 6) is 0. The lowest BCUT2D eigenvalue weighted by Crippen LogP contribution is -2.10. The summed E-state index contributed by atoms with van der Waals surface area (Å²) in [5.41, 5.74) is 4.11. The Morgan fingerprint density at radius 2 is 1.93 bits per heavy atom. The second kappa shape index (κ2) is 4.37. The van der Waals surface area contributed by atoms with Gasteiger partial charge in [-0.2, -0.15) is 13.2 Å². The molecular formula is C9H8ClF4N. The number of hydrogen-bond donors (Lipinski definition) is 1. The molecule has 1 aromatic rings. The van der Waals surface area contributed by atoms with E-state index in [4.69, 9.17) is 17.3 Å². The highest BCUT2D eigenvalue weighted by molar-refractivity contribution is 6.31. The van der Waals surface area contributed by atoms with Crippen molar-refractivity contribution in [2.45, 2.75) is 12.3 Å². The second-order valence-electron chi connectivity index (χ2n) is 2.94. The van der Waals surface area contributed by atoms with E-state index >= 15 is 0 Å². The molecule has 15 heavy (non-hydrogen) atoms. The molecule has 1 unspecified atom stereocenters. The maximum atomic E-state index is 13.0. The maximum absolute atomic E-state index is 13.0. The van der Waals surface area contributed by atoms with Gasteiger partial charge in [0.05, 0.1) is 10.6 Å². The molecule has 0 heterocycles. The van der Waals surface area contributed by atoms with E-state index in [0.717, 1.165) is 18.2 Å². The van der Waals surface area contributed by atoms with Gasteiger partial charge in [0.2, 0.25) is 0 Å². The molecule has 0 radical (unpaired) electrons. The van der Waals surface area contributed by atoms with Crippen molar-refractivity contribution in [1.82, 2.24) is 0 Å². The lowest BCUT2D eigenvalue weighted by atomic mass is 10.1. The van der Waals surface area contributed by atoms with Crippen LogP contribution in [-0.4, -0.2) is 6.54 Å². The molecule has 0 bridgehead atoms. The molecule has 2 N–H and O–H groups in total. The minimum absolute atomic E-state index is 0.0514. The summed E-state index contributed by atoms with van der Waals surface area (Å²) in [5, 5.41) is -0.517. The van der Waals surface area contributed by atoms with Crippen LogP contribution in [0.1, 0.15) is 17.3 Å². The largest absolute Gasteiger partial charge is 0.417 e. The molecule has 0 saturated heterocycles. The van der Waals surface area contributed by atoms with Crippen molar-refractivity contribution in [1.29, 1.82) is 0 Å². The van der Waals surface area contributed by atoms with E-state index in [1.54, 1.807) is 0 Å². The fraction of sp³-hybridized carbons (Fsp3) is 0.333. The van der Waals surface area contributed by atoms with Gasteiger partial charge < -0.3 is 5.73 Å². The molecule has 6 heteroatoms. The molecule has 0 aliphatic heterocycles. The number of halogens is 5. The molecule has 0 spiro atoms. The van der Waals surface area contributed by atoms with Crippen LogP contribution >= 0.6 is 11.6 Å². The van der Waals surface area contributed by atoms with Crippen LogP contribution in [0.25, 0.3) is 0 Å². The van der Waals surface area contributed by atoms with Gasteiger partial charge >= 0.3 is 6.18 Å². The Bertz CT molecular complexity index is 350. The smallest absolute Gasteiger partial charge is 0.327 e. The van der Waals surface area contributed by atoms with Crippen molar-refractivity contribution in [2.75, 3.05) is 6.54 Å². The number of rotatable bonds is 2. The summed E-state index contributed by atoms with van der Waals surface area (Å²) < 4.78 is 49.8. The Morgan fingerprint density at radius 3 is 2.33 bits per heavy atom. The zero-order valence-electron chi connectivity index (χ0n) is 7.48. The maximum Gasteiger partial charge on any atom is 0.417 e. The summed E-state index contributed by atoms with van der Waals surface area (Å²) in [4.78, 5) is 0. The van der Waals surface area contributed by atoms with Gasteiger partial charge in [0.25, 0.3) is 0 Å². The average Bonchev–Trinajstić information content (AvgIpc) is 2.14. The van der Waals surface area contributed by atoms with E-state index in [2.05, 4.69) is 0 Å². The fourth-order valence-electron chi connectivity index (χ4n) is 1.09. The van der Waals surface area contributed by atoms with Crippen LogP contribution in [0, 0.1) is 0 Å². The standard InChI is InChI=1S/C9H8ClF4N/c10-7-3-5(8(11)4-15)1-2-6(7)9(12,13)14/h1-3,8H,4,15H2. The number of hydrogen-bond acceptors (Lipinski definition) is 1. The van der Waals surface area contributed by atoms with Gasteiger partial charge in [-0.05, 0) is 17.7 Å². The van der Waals surface area contributed by atoms with Gasteiger partial charge in [-0.1, -0.05) is 17.7 Å². The van der Waals surface area contributed by atoms with Crippen molar-refractivity contribution >= 4 is 11.6 Å². The molecule has 1 rings (SSSR count). The zero-order valence-corrected chi connectivity index (χ0v) is 8.24. The Hall–Kier alpha value is -0.810. The minimum Gasteiger partial charge on any atom is -0.327 e. The van der Waals surface area contributed by atoms with Crippen LogP contribution in [0.4, 0.5) is 17.6 Å². The number of benzene rings is 1. The molecule has 1 nitrogen and oxygen atoms in total. The highest BCUT2D eigenvalue weighted by Crippen LogP contribution is 2.36. The number of nitrogens with two attached hydrogens (primary N) is 1. The van der Waals surface area contributed by atoms with Crippen molar-refractivity contribution in [3.05, 3.63) is 34.3 Å². The van der Waals surface area contributed by atoms with E-state index in [9.17, 15) is 17.6 Å². The first-order valence-electron chi connectivity index (χ1n) is 4.07. The normalized spacial score (nSPS) is 14.0. The highest BCUT2D eigenvalue weighted by atomic mass is 35.5. The van der Waals surface area contributed by atoms with E-state index in [0.29, 0.717) is 0 Å². The first-order valence-corrected chi connectivity index (χ1v) is 4.45. The van der Waals surface area contributed by atoms with Crippen molar-refractivity contribution in [2.24, 2.45) is 5.73 Å². The molecule has 1 aromatic carbocycles. The van der Waals surface area contributed by atoms with Crippen molar-refractivity contribution < 1.29 is 17.6 Å². The van der Waals surface area contributed by atoms with Crippen molar-refractivity contribution in [3.8, 4) is 0 Å². The van der Waals surface area contributed by atoms with Crippen LogP contribution in [0.3, 0.4) is 0 Å². The summed E-state index contributed by atoms with van der Waals surface area (Å²) in [6.45, 7) is -0.290. The van der Waals surface area contributed by atoms with Crippen LogP contribution < -0.4 is 5.73 Å². The molecule has 0 fully saturated rings. The predicted molar refractivity (Wildman–Crippen MR) is 49.4 cm³/mol. The quantitative estimate of drug-likeness (QED) is 0.790. The Kier molecular flexibility index (Phi) is 3.57. The average molecular weight is 242 g/mol. The first kappa shape index (κ1) is 12.3. The SMILES string of the molecule is NCC(F)c1ccc(C(F)(F)F)c(Cl)c1. The first-order chi connectivity index (χ1) is 6.86. The Balaban J connectivity index is 3.09. The molecule has 0 amide bonds. The molecule has 0 aromatic heterocycles. The molecule has 0 saturated carbocycles. The lowest BCUT2D eigenvalue weighted by Gasteiger charge is -2.11. The summed E-state index contributed by atoms with van der Waals surface area (Å²) in [6, 6.07) is 2.73. The van der Waals surface area contributed by atoms with Gasteiger partial charge in [0.1, 0.15) is 6.17 Å². The molecular weight excluding hydrogens is 234 g/mol. The van der Waals surface area contributed by atoms with E-state index < -0.39 is 22.9 Å². The summed E-state index contributed by atoms with van der Waals surface area (Å²) >= 11 is 5.39. The highest BCUT2D eigenvalue weighted by Gasteiger charge is 2.33. The Morgan fingerprint density at radius 1 is 1.33 bits per heavy atom. The molecule has 0 aliphatic rings. The van der Waals surface area contributed by atoms with Gasteiger partial charge in [-0.25, -0.2) is 4.39 Å². The van der Waals surface area contributed by atoms with Crippen LogP contribution in [0.2, 0.25) is 5.02 Å². The fourth-order valence-corrected chi connectivity index (χ4v) is 1.39. The summed E-state index contributed by atoms with van der Waals surface area (Å²) in [6.07, 6.45) is -6.02. The predicted octanol–water partition coefficient (Wildman–Crippen LogP) is 3.33. The monoisotopic (exact) mass is 241 g/mol. The number of alkyl halides is 4. The molecule has 1 atom stereocenters. The topological polar surface area (TPSA) is 26.0 Å². The zero-order chi connectivity index (χ0) is 11.6. The van der Waals surface area contributed by atoms with E-state index in [1.807, 2.05) is 0 Å². The van der Waals surface area contributed by atoms with Gasteiger partial charge in [-0.15, -0.1) is 0 Å². The third kappa shape index (κ3) is 2.82. The second-order valence-corrected chi connectivity index (χ2v) is 3.35. The van der Waals surface area contributed by atoms with Crippen LogP contribution in [-0.2, 0) is 6.18 Å². The van der Waals surface area contributed by atoms with Gasteiger partial charge in [0, 0.05) is 6.54 Å². The third-order valence-electron chi connectivity index (χ3n) is 1.87. The van der Waals surface area contributed by atoms with E-state index in [-0.39, 0.29) is 12.1 Å². The van der Waals surface area contributed by atoms with Gasteiger partial charge in [-0.3, -0.25) is 0 Å². The van der Waals surface area contributed by atoms with E-state index in [1.165, 1.54) is 0 Å². The van der Waals surface area contributed by atoms with Crippen LogP contribution in [0.15, 0.2) is 18.2 Å². The lowest BCUT2D eigenvalue weighted by molar-refractivity contribution is -0.137. The summed E-state index contributed by atoms with van der Waals surface area (Å²) in [7, 11) is 0. The minimum atomic E-state index is -4.52. The Labute approximate surface area is 88.8 Å². The third-order valence-corrected chi connectivity index (χ3v) is 2.18. The van der Waals surface area contributed by atoms with Crippen molar-refractivity contribution in [3.63, 3.8) is 0 Å². The molecule has 0 aliphatic carbocycles. The molecule has 84 valence electrons.